The zero-order valence-electron chi connectivity index (χ0n) is 12.1. The Hall–Kier alpha value is -1.06. The van der Waals surface area contributed by atoms with E-state index in [1.165, 1.54) is 0 Å². The Morgan fingerprint density at radius 1 is 1.28 bits per heavy atom. The molecule has 0 aliphatic carbocycles. The Kier molecular flexibility index (Phi) is 4.77. The fraction of sp³-hybridized carbons (Fsp3) is 0.600. The van der Waals surface area contributed by atoms with Gasteiger partial charge in [-0.3, -0.25) is 0 Å². The van der Waals surface area contributed by atoms with Crippen LogP contribution in [-0.4, -0.2) is 29.6 Å². The van der Waals surface area contributed by atoms with Crippen LogP contribution in [0.25, 0.3) is 0 Å². The van der Waals surface area contributed by atoms with Crippen LogP contribution in [0.5, 0.6) is 0 Å². The molecule has 3 N–H and O–H groups in total. The van der Waals surface area contributed by atoms with E-state index in [0.717, 1.165) is 5.56 Å². The zero-order chi connectivity index (χ0) is 13.9. The molecule has 18 heavy (non-hydrogen) atoms. The first-order valence-electron chi connectivity index (χ1n) is 6.46. The second-order valence-electron chi connectivity index (χ2n) is 6.13. The van der Waals surface area contributed by atoms with E-state index in [4.69, 9.17) is 5.73 Å². The summed E-state index contributed by atoms with van der Waals surface area (Å²) in [5.41, 5.74) is 7.54. The third-order valence-corrected chi connectivity index (χ3v) is 3.73. The van der Waals surface area contributed by atoms with Gasteiger partial charge in [0.05, 0.1) is 6.10 Å². The number of benzene rings is 1. The van der Waals surface area contributed by atoms with Crippen LogP contribution in [0.4, 0.5) is 5.69 Å². The molecule has 102 valence electrons. The molecule has 0 heterocycles. The highest BCUT2D eigenvalue weighted by molar-refractivity contribution is 5.47. The monoisotopic (exact) mass is 250 g/mol. The molecule has 1 aromatic rings. The molecule has 1 aromatic carbocycles. The molecular formula is C15H26N2O. The van der Waals surface area contributed by atoms with Crippen LogP contribution >= 0.6 is 0 Å². The minimum atomic E-state index is -0.541. The molecule has 1 rings (SSSR count). The third-order valence-electron chi connectivity index (χ3n) is 3.73. The van der Waals surface area contributed by atoms with Crippen LogP contribution in [-0.2, 0) is 0 Å². The highest BCUT2D eigenvalue weighted by atomic mass is 16.3. The number of para-hydroxylation sites is 1. The van der Waals surface area contributed by atoms with Crippen molar-refractivity contribution in [3.8, 4) is 0 Å². The summed E-state index contributed by atoms with van der Waals surface area (Å²) < 4.78 is 0. The molecular weight excluding hydrogens is 224 g/mol. The first-order valence-corrected chi connectivity index (χ1v) is 6.46. The van der Waals surface area contributed by atoms with Gasteiger partial charge < -0.3 is 15.7 Å². The molecule has 0 bridgehead atoms. The van der Waals surface area contributed by atoms with Gasteiger partial charge >= 0.3 is 0 Å². The van der Waals surface area contributed by atoms with Gasteiger partial charge in [-0.1, -0.05) is 39.0 Å². The van der Waals surface area contributed by atoms with Gasteiger partial charge in [0.2, 0.25) is 0 Å². The van der Waals surface area contributed by atoms with Crippen molar-refractivity contribution in [2.75, 3.05) is 19.3 Å². The molecule has 0 saturated carbocycles. The fourth-order valence-electron chi connectivity index (χ4n) is 2.00. The van der Waals surface area contributed by atoms with Gasteiger partial charge in [-0.25, -0.2) is 0 Å². The number of aliphatic hydroxyl groups excluding tert-OH is 1. The van der Waals surface area contributed by atoms with E-state index in [-0.39, 0.29) is 5.41 Å². The summed E-state index contributed by atoms with van der Waals surface area (Å²) in [6.45, 7) is 9.39. The molecule has 0 aliphatic heterocycles. The van der Waals surface area contributed by atoms with E-state index >= 15 is 0 Å². The second-order valence-corrected chi connectivity index (χ2v) is 6.13. The number of hydrogen-bond donors (Lipinski definition) is 2. The Bertz CT molecular complexity index is 384. The summed E-state index contributed by atoms with van der Waals surface area (Å²) in [4.78, 5) is 2.18. The van der Waals surface area contributed by atoms with E-state index in [2.05, 4.69) is 32.6 Å². The molecule has 2 unspecified atom stereocenters. The highest BCUT2D eigenvalue weighted by Gasteiger charge is 2.25. The van der Waals surface area contributed by atoms with Crippen molar-refractivity contribution in [3.63, 3.8) is 0 Å². The summed E-state index contributed by atoms with van der Waals surface area (Å²) in [6.07, 6.45) is -0.541. The Labute approximate surface area is 111 Å². The van der Waals surface area contributed by atoms with Crippen LogP contribution < -0.4 is 5.73 Å². The summed E-state index contributed by atoms with van der Waals surface area (Å²) in [7, 11) is 2.04. The van der Waals surface area contributed by atoms with Crippen molar-refractivity contribution < 1.29 is 5.11 Å². The van der Waals surface area contributed by atoms with Crippen molar-refractivity contribution >= 4 is 5.69 Å². The summed E-state index contributed by atoms with van der Waals surface area (Å²) >= 11 is 0. The van der Waals surface area contributed by atoms with Crippen LogP contribution in [0.15, 0.2) is 24.3 Å². The summed E-state index contributed by atoms with van der Waals surface area (Å²) in [5, 5.41) is 10.3. The fourth-order valence-corrected chi connectivity index (χ4v) is 2.00. The lowest BCUT2D eigenvalue weighted by atomic mass is 9.87. The lowest BCUT2D eigenvalue weighted by Crippen LogP contribution is -2.41. The Morgan fingerprint density at radius 2 is 1.83 bits per heavy atom. The molecule has 0 aromatic heterocycles. The van der Waals surface area contributed by atoms with Gasteiger partial charge in [-0.2, -0.15) is 0 Å². The molecule has 0 radical (unpaired) electrons. The first-order chi connectivity index (χ1) is 8.23. The van der Waals surface area contributed by atoms with Gasteiger partial charge in [-0.05, 0) is 25.5 Å². The predicted molar refractivity (Wildman–Crippen MR) is 77.4 cm³/mol. The second kappa shape index (κ2) is 5.72. The smallest absolute Gasteiger partial charge is 0.0936 e. The maximum absolute atomic E-state index is 10.3. The number of nitrogens with two attached hydrogens (primary N) is 1. The Morgan fingerprint density at radius 3 is 2.33 bits per heavy atom. The largest absolute Gasteiger partial charge is 0.398 e. The average Bonchev–Trinajstić information content (AvgIpc) is 2.27. The molecule has 0 saturated heterocycles. The lowest BCUT2D eigenvalue weighted by molar-refractivity contribution is 0.0718. The zero-order valence-corrected chi connectivity index (χ0v) is 12.1. The van der Waals surface area contributed by atoms with E-state index in [1.807, 2.05) is 31.3 Å². The topological polar surface area (TPSA) is 49.5 Å². The SMILES string of the molecule is CC(N(C)CC(O)c1ccccc1N)C(C)(C)C. The number of aliphatic hydroxyl groups is 1. The lowest BCUT2D eigenvalue weighted by Gasteiger charge is -2.36. The van der Waals surface area contributed by atoms with Gasteiger partial charge in [0, 0.05) is 23.8 Å². The minimum Gasteiger partial charge on any atom is -0.398 e. The minimum absolute atomic E-state index is 0.191. The number of anilines is 1. The third kappa shape index (κ3) is 3.72. The van der Waals surface area contributed by atoms with E-state index in [9.17, 15) is 5.11 Å². The normalized spacial score (nSPS) is 15.7. The molecule has 0 fully saturated rings. The number of likely N-dealkylation sites (N-methyl/N-ethyl adjacent to an activating group) is 1. The van der Waals surface area contributed by atoms with Crippen LogP contribution in [0, 0.1) is 5.41 Å². The Balaban J connectivity index is 2.71. The molecule has 0 amide bonds. The van der Waals surface area contributed by atoms with Gasteiger partial charge in [0.25, 0.3) is 0 Å². The van der Waals surface area contributed by atoms with Crippen molar-refractivity contribution in [2.24, 2.45) is 5.41 Å². The van der Waals surface area contributed by atoms with Crippen LogP contribution in [0.2, 0.25) is 0 Å². The van der Waals surface area contributed by atoms with Crippen molar-refractivity contribution in [1.29, 1.82) is 0 Å². The number of nitrogen functional groups attached to an aromatic ring is 1. The maximum atomic E-state index is 10.3. The number of nitrogens with zero attached hydrogens (tertiary/aromatic N) is 1. The maximum Gasteiger partial charge on any atom is 0.0936 e. The van der Waals surface area contributed by atoms with Crippen molar-refractivity contribution in [2.45, 2.75) is 39.8 Å². The summed E-state index contributed by atoms with van der Waals surface area (Å²) in [6, 6.07) is 7.88. The van der Waals surface area contributed by atoms with Crippen molar-refractivity contribution in [1.82, 2.24) is 4.90 Å². The first kappa shape index (κ1) is 15.0. The van der Waals surface area contributed by atoms with E-state index < -0.39 is 6.10 Å². The van der Waals surface area contributed by atoms with Gasteiger partial charge in [0.1, 0.15) is 0 Å². The number of rotatable bonds is 4. The highest BCUT2D eigenvalue weighted by Crippen LogP contribution is 2.26. The predicted octanol–water partition coefficient (Wildman–Crippen LogP) is 2.67. The molecule has 3 nitrogen and oxygen atoms in total. The molecule has 0 aliphatic rings. The standard InChI is InChI=1S/C15H26N2O/c1-11(15(2,3)4)17(5)10-14(18)12-8-6-7-9-13(12)16/h6-9,11,14,18H,10,16H2,1-5H3. The molecule has 0 spiro atoms. The van der Waals surface area contributed by atoms with Gasteiger partial charge in [-0.15, -0.1) is 0 Å². The van der Waals surface area contributed by atoms with Crippen molar-refractivity contribution in [3.05, 3.63) is 29.8 Å². The van der Waals surface area contributed by atoms with Crippen LogP contribution in [0.3, 0.4) is 0 Å². The average molecular weight is 250 g/mol. The molecule has 2 atom stereocenters. The number of hydrogen-bond acceptors (Lipinski definition) is 3. The molecule has 3 heteroatoms. The van der Waals surface area contributed by atoms with Gasteiger partial charge in [0.15, 0.2) is 0 Å². The van der Waals surface area contributed by atoms with Crippen LogP contribution in [0.1, 0.15) is 39.4 Å². The van der Waals surface area contributed by atoms with E-state index in [1.54, 1.807) is 0 Å². The van der Waals surface area contributed by atoms with E-state index in [0.29, 0.717) is 18.3 Å². The summed E-state index contributed by atoms with van der Waals surface area (Å²) in [5.74, 6) is 0. The quantitative estimate of drug-likeness (QED) is 0.808.